The van der Waals surface area contributed by atoms with E-state index in [4.69, 9.17) is 0 Å². The maximum Gasteiger partial charge on any atom is 0.0481 e. The van der Waals surface area contributed by atoms with Crippen molar-refractivity contribution >= 4 is 0 Å². The van der Waals surface area contributed by atoms with Crippen molar-refractivity contribution in [3.63, 3.8) is 0 Å². The molecule has 0 amide bonds. The van der Waals surface area contributed by atoms with Gasteiger partial charge in [-0.1, -0.05) is 54.6 Å². The summed E-state index contributed by atoms with van der Waals surface area (Å²) in [6, 6.07) is 20.6. The van der Waals surface area contributed by atoms with Crippen LogP contribution in [-0.4, -0.2) is 36.0 Å². The zero-order valence-electron chi connectivity index (χ0n) is 13.8. The molecule has 2 nitrogen and oxygen atoms in total. The fourth-order valence-electron chi connectivity index (χ4n) is 4.13. The average Bonchev–Trinajstić information content (AvgIpc) is 3.11. The Balaban J connectivity index is 1.59. The van der Waals surface area contributed by atoms with Gasteiger partial charge in [0.25, 0.3) is 0 Å². The van der Waals surface area contributed by atoms with E-state index in [1.54, 1.807) is 11.1 Å². The number of hydrogen-bond donors (Lipinski definition) is 0. The SMILES string of the molecule is c1ccc(CN2CCc3ccccc3C2CN2CCCC2)cc1. The first-order chi connectivity index (χ1) is 11.4. The van der Waals surface area contributed by atoms with Crippen molar-refractivity contribution < 1.29 is 0 Å². The Morgan fingerprint density at radius 3 is 2.39 bits per heavy atom. The number of benzene rings is 2. The lowest BCUT2D eigenvalue weighted by Crippen LogP contribution is -2.41. The normalized spacial score (nSPS) is 22.2. The van der Waals surface area contributed by atoms with Crippen molar-refractivity contribution in [2.24, 2.45) is 0 Å². The highest BCUT2D eigenvalue weighted by atomic mass is 15.2. The number of rotatable bonds is 4. The van der Waals surface area contributed by atoms with Gasteiger partial charge in [0.15, 0.2) is 0 Å². The Kier molecular flexibility index (Phi) is 4.45. The lowest BCUT2D eigenvalue weighted by molar-refractivity contribution is 0.134. The van der Waals surface area contributed by atoms with Gasteiger partial charge in [-0.15, -0.1) is 0 Å². The highest BCUT2D eigenvalue weighted by Crippen LogP contribution is 2.32. The van der Waals surface area contributed by atoms with Crippen LogP contribution in [0.4, 0.5) is 0 Å². The number of nitrogens with zero attached hydrogens (tertiary/aromatic N) is 2. The largest absolute Gasteiger partial charge is 0.301 e. The first kappa shape index (κ1) is 14.9. The minimum Gasteiger partial charge on any atom is -0.301 e. The number of fused-ring (bicyclic) bond motifs is 1. The van der Waals surface area contributed by atoms with Gasteiger partial charge in [-0.05, 0) is 49.0 Å². The van der Waals surface area contributed by atoms with Crippen LogP contribution >= 0.6 is 0 Å². The van der Waals surface area contributed by atoms with E-state index < -0.39 is 0 Å². The lowest BCUT2D eigenvalue weighted by Gasteiger charge is -2.39. The van der Waals surface area contributed by atoms with E-state index >= 15 is 0 Å². The molecule has 1 saturated heterocycles. The molecular formula is C21H26N2. The monoisotopic (exact) mass is 306 g/mol. The maximum absolute atomic E-state index is 2.69. The molecule has 0 saturated carbocycles. The van der Waals surface area contributed by atoms with E-state index in [0.717, 1.165) is 6.54 Å². The second-order valence-electron chi connectivity index (χ2n) is 6.93. The predicted octanol–water partition coefficient (Wildman–Crippen LogP) is 3.88. The smallest absolute Gasteiger partial charge is 0.0481 e. The first-order valence-electron chi connectivity index (χ1n) is 8.98. The molecule has 1 atom stereocenters. The van der Waals surface area contributed by atoms with Crippen LogP contribution in [0.15, 0.2) is 54.6 Å². The molecule has 0 radical (unpaired) electrons. The second kappa shape index (κ2) is 6.86. The van der Waals surface area contributed by atoms with Gasteiger partial charge in [0.1, 0.15) is 0 Å². The van der Waals surface area contributed by atoms with E-state index in [2.05, 4.69) is 64.4 Å². The molecule has 2 heterocycles. The third kappa shape index (κ3) is 3.34. The van der Waals surface area contributed by atoms with E-state index in [1.807, 2.05) is 0 Å². The van der Waals surface area contributed by atoms with Gasteiger partial charge in [0.05, 0.1) is 0 Å². The van der Waals surface area contributed by atoms with Gasteiger partial charge in [-0.25, -0.2) is 0 Å². The minimum absolute atomic E-state index is 0.540. The lowest BCUT2D eigenvalue weighted by atomic mass is 9.91. The number of hydrogen-bond acceptors (Lipinski definition) is 2. The van der Waals surface area contributed by atoms with Crippen molar-refractivity contribution in [2.45, 2.75) is 31.8 Å². The molecule has 0 bridgehead atoms. The zero-order valence-corrected chi connectivity index (χ0v) is 13.8. The standard InChI is InChI=1S/C21H26N2/c1-2-8-18(9-3-1)16-23-15-12-19-10-4-5-11-20(19)21(23)17-22-13-6-7-14-22/h1-5,8-11,21H,6-7,12-17H2. The van der Waals surface area contributed by atoms with Crippen LogP contribution < -0.4 is 0 Å². The quantitative estimate of drug-likeness (QED) is 0.846. The van der Waals surface area contributed by atoms with Crippen molar-refractivity contribution in [1.29, 1.82) is 0 Å². The van der Waals surface area contributed by atoms with Gasteiger partial charge in [-0.3, -0.25) is 4.90 Å². The van der Waals surface area contributed by atoms with Crippen molar-refractivity contribution in [1.82, 2.24) is 9.80 Å². The van der Waals surface area contributed by atoms with E-state index in [-0.39, 0.29) is 0 Å². The van der Waals surface area contributed by atoms with Crippen molar-refractivity contribution in [2.75, 3.05) is 26.2 Å². The third-order valence-electron chi connectivity index (χ3n) is 5.38. The van der Waals surface area contributed by atoms with Crippen LogP contribution in [0.3, 0.4) is 0 Å². The maximum atomic E-state index is 2.69. The Labute approximate surface area is 139 Å². The summed E-state index contributed by atoms with van der Waals surface area (Å²) >= 11 is 0. The second-order valence-corrected chi connectivity index (χ2v) is 6.93. The molecular weight excluding hydrogens is 280 g/mol. The molecule has 120 valence electrons. The van der Waals surface area contributed by atoms with Gasteiger partial charge in [-0.2, -0.15) is 0 Å². The van der Waals surface area contributed by atoms with Crippen LogP contribution in [0.5, 0.6) is 0 Å². The average molecular weight is 306 g/mol. The molecule has 1 fully saturated rings. The molecule has 0 N–H and O–H groups in total. The Morgan fingerprint density at radius 1 is 0.826 bits per heavy atom. The van der Waals surface area contributed by atoms with Gasteiger partial charge < -0.3 is 4.90 Å². The highest BCUT2D eigenvalue weighted by molar-refractivity contribution is 5.33. The molecule has 2 aromatic rings. The van der Waals surface area contributed by atoms with Crippen LogP contribution in [0.2, 0.25) is 0 Å². The van der Waals surface area contributed by atoms with Crippen LogP contribution in [0, 0.1) is 0 Å². The summed E-state index contributed by atoms with van der Waals surface area (Å²) in [7, 11) is 0. The van der Waals surface area contributed by atoms with Crippen LogP contribution in [0.1, 0.15) is 35.6 Å². The molecule has 23 heavy (non-hydrogen) atoms. The highest BCUT2D eigenvalue weighted by Gasteiger charge is 2.29. The van der Waals surface area contributed by atoms with Gasteiger partial charge >= 0.3 is 0 Å². The van der Waals surface area contributed by atoms with Gasteiger partial charge in [0.2, 0.25) is 0 Å². The first-order valence-corrected chi connectivity index (χ1v) is 8.98. The summed E-state index contributed by atoms with van der Waals surface area (Å²) in [6.07, 6.45) is 3.92. The Bertz CT molecular complexity index is 631. The third-order valence-corrected chi connectivity index (χ3v) is 5.38. The Morgan fingerprint density at radius 2 is 1.57 bits per heavy atom. The minimum atomic E-state index is 0.540. The summed E-state index contributed by atoms with van der Waals surface area (Å²) in [5.41, 5.74) is 4.54. The fourth-order valence-corrected chi connectivity index (χ4v) is 4.13. The Hall–Kier alpha value is -1.64. The molecule has 2 aliphatic rings. The summed E-state index contributed by atoms with van der Waals surface area (Å²) in [4.78, 5) is 5.35. The van der Waals surface area contributed by atoms with Crippen LogP contribution in [-0.2, 0) is 13.0 Å². The zero-order chi connectivity index (χ0) is 15.5. The molecule has 1 unspecified atom stereocenters. The molecule has 0 aliphatic carbocycles. The van der Waals surface area contributed by atoms with Crippen molar-refractivity contribution in [3.8, 4) is 0 Å². The summed E-state index contributed by atoms with van der Waals surface area (Å²) < 4.78 is 0. The van der Waals surface area contributed by atoms with E-state index in [0.29, 0.717) is 6.04 Å². The molecule has 4 rings (SSSR count). The van der Waals surface area contributed by atoms with Crippen molar-refractivity contribution in [3.05, 3.63) is 71.3 Å². The molecule has 0 spiro atoms. The van der Waals surface area contributed by atoms with Crippen LogP contribution in [0.25, 0.3) is 0 Å². The number of likely N-dealkylation sites (tertiary alicyclic amines) is 1. The summed E-state index contributed by atoms with van der Waals surface area (Å²) in [5.74, 6) is 0. The predicted molar refractivity (Wildman–Crippen MR) is 95.4 cm³/mol. The molecule has 2 aliphatic heterocycles. The molecule has 2 aromatic carbocycles. The van der Waals surface area contributed by atoms with E-state index in [1.165, 1.54) is 51.0 Å². The van der Waals surface area contributed by atoms with Gasteiger partial charge in [0, 0.05) is 25.7 Å². The molecule has 0 aromatic heterocycles. The molecule has 2 heteroatoms. The summed E-state index contributed by atoms with van der Waals surface area (Å²) in [6.45, 7) is 5.97. The topological polar surface area (TPSA) is 6.48 Å². The fraction of sp³-hybridized carbons (Fsp3) is 0.429. The van der Waals surface area contributed by atoms with E-state index in [9.17, 15) is 0 Å². The summed E-state index contributed by atoms with van der Waals surface area (Å²) in [5, 5.41) is 0.